The van der Waals surface area contributed by atoms with Gasteiger partial charge in [-0.3, -0.25) is 9.59 Å². The van der Waals surface area contributed by atoms with Crippen molar-refractivity contribution in [3.05, 3.63) is 80.6 Å². The number of anilines is 1. The Bertz CT molecular complexity index is 1060. The lowest BCUT2D eigenvalue weighted by molar-refractivity contribution is -0.117. The van der Waals surface area contributed by atoms with Crippen LogP contribution in [0.4, 0.5) is 5.69 Å². The van der Waals surface area contributed by atoms with E-state index in [4.69, 9.17) is 0 Å². The minimum Gasteiger partial charge on any atom is -0.324 e. The van der Waals surface area contributed by atoms with Crippen molar-refractivity contribution in [3.63, 3.8) is 0 Å². The predicted octanol–water partition coefficient (Wildman–Crippen LogP) is 4.19. The number of amides is 1. The smallest absolute Gasteiger partial charge is 0.270 e. The minimum absolute atomic E-state index is 0.109. The normalized spacial score (nSPS) is 13.0. The summed E-state index contributed by atoms with van der Waals surface area (Å²) in [5.74, 6) is -0.272. The van der Waals surface area contributed by atoms with E-state index in [9.17, 15) is 9.59 Å². The van der Waals surface area contributed by atoms with Crippen molar-refractivity contribution in [1.29, 1.82) is 0 Å². The van der Waals surface area contributed by atoms with Crippen LogP contribution in [0.15, 0.2) is 63.9 Å². The zero-order valence-electron chi connectivity index (χ0n) is 15.3. The highest BCUT2D eigenvalue weighted by atomic mass is 79.9. The van der Waals surface area contributed by atoms with Gasteiger partial charge in [0.1, 0.15) is 6.54 Å². The molecular weight excluding hydrogens is 418 g/mol. The topological polar surface area (TPSA) is 64.0 Å². The fourth-order valence-electron chi connectivity index (χ4n) is 3.59. The van der Waals surface area contributed by atoms with Crippen molar-refractivity contribution in [3.8, 4) is 11.3 Å². The van der Waals surface area contributed by atoms with Crippen molar-refractivity contribution in [2.45, 2.75) is 32.2 Å². The number of carbonyl (C=O) groups excluding carboxylic acids is 1. The first kappa shape index (κ1) is 18.6. The quantitative estimate of drug-likeness (QED) is 0.665. The first-order valence-electron chi connectivity index (χ1n) is 9.35. The Morgan fingerprint density at radius 1 is 1.00 bits per heavy atom. The van der Waals surface area contributed by atoms with Crippen LogP contribution in [0.5, 0.6) is 0 Å². The molecule has 1 heterocycles. The summed E-state index contributed by atoms with van der Waals surface area (Å²) in [6.45, 7) is -0.109. The first-order chi connectivity index (χ1) is 13.6. The zero-order valence-corrected chi connectivity index (χ0v) is 16.9. The Balaban J connectivity index is 1.68. The number of hydrogen-bond acceptors (Lipinski definition) is 3. The second-order valence-corrected chi connectivity index (χ2v) is 7.81. The lowest BCUT2D eigenvalue weighted by Crippen LogP contribution is -2.34. The summed E-state index contributed by atoms with van der Waals surface area (Å²) in [5, 5.41) is 7.41. The van der Waals surface area contributed by atoms with Crippen molar-refractivity contribution in [2.75, 3.05) is 5.32 Å². The van der Waals surface area contributed by atoms with Gasteiger partial charge in [-0.1, -0.05) is 46.3 Å². The number of nitrogens with one attached hydrogen (secondary N) is 1. The lowest BCUT2D eigenvalue weighted by atomic mass is 9.90. The Morgan fingerprint density at radius 2 is 1.68 bits per heavy atom. The lowest BCUT2D eigenvalue weighted by Gasteiger charge is -2.20. The van der Waals surface area contributed by atoms with Crippen LogP contribution in [0.1, 0.15) is 24.0 Å². The minimum atomic E-state index is -0.272. The fraction of sp³-hybridized carbons (Fsp3) is 0.227. The maximum absolute atomic E-state index is 12.9. The van der Waals surface area contributed by atoms with E-state index >= 15 is 0 Å². The van der Waals surface area contributed by atoms with E-state index in [1.165, 1.54) is 4.68 Å². The number of aromatic nitrogens is 2. The number of nitrogens with zero attached hydrogens (tertiary/aromatic N) is 2. The third-order valence-electron chi connectivity index (χ3n) is 4.94. The summed E-state index contributed by atoms with van der Waals surface area (Å²) >= 11 is 3.37. The number of hydrogen-bond donors (Lipinski definition) is 1. The number of carbonyl (C=O) groups is 1. The molecule has 142 valence electrons. The van der Waals surface area contributed by atoms with Crippen molar-refractivity contribution < 1.29 is 4.79 Å². The molecule has 1 aromatic heterocycles. The molecule has 4 rings (SSSR count). The first-order valence-corrected chi connectivity index (χ1v) is 10.1. The maximum atomic E-state index is 12.9. The van der Waals surface area contributed by atoms with E-state index in [2.05, 4.69) is 26.3 Å². The van der Waals surface area contributed by atoms with Crippen LogP contribution in [0, 0.1) is 0 Å². The second kappa shape index (κ2) is 8.10. The van der Waals surface area contributed by atoms with Gasteiger partial charge < -0.3 is 5.32 Å². The molecule has 0 saturated carbocycles. The van der Waals surface area contributed by atoms with E-state index in [1.807, 2.05) is 42.5 Å². The van der Waals surface area contributed by atoms with Crippen LogP contribution >= 0.6 is 15.9 Å². The van der Waals surface area contributed by atoms with E-state index in [1.54, 1.807) is 12.1 Å². The summed E-state index contributed by atoms with van der Waals surface area (Å²) in [5.41, 5.74) is 4.15. The summed E-state index contributed by atoms with van der Waals surface area (Å²) in [6.07, 6.45) is 3.65. The largest absolute Gasteiger partial charge is 0.324 e. The van der Waals surface area contributed by atoms with Crippen LogP contribution in [0.3, 0.4) is 0 Å². The van der Waals surface area contributed by atoms with Gasteiger partial charge in [0, 0.05) is 21.3 Å². The number of rotatable bonds is 4. The third kappa shape index (κ3) is 3.92. The molecule has 0 bridgehead atoms. The number of benzene rings is 2. The Kier molecular flexibility index (Phi) is 5.39. The van der Waals surface area contributed by atoms with E-state index in [-0.39, 0.29) is 18.0 Å². The Morgan fingerprint density at radius 3 is 2.39 bits per heavy atom. The molecule has 0 saturated heterocycles. The SMILES string of the molecule is O=C(Cn1nc(-c2ccccc2)c2c(c1=O)CCCC2)Nc1ccc(Br)cc1. The van der Waals surface area contributed by atoms with Gasteiger partial charge in [-0.2, -0.15) is 5.10 Å². The molecule has 1 N–H and O–H groups in total. The average molecular weight is 438 g/mol. The van der Waals surface area contributed by atoms with Crippen LogP contribution in [0.2, 0.25) is 0 Å². The van der Waals surface area contributed by atoms with Gasteiger partial charge in [0.05, 0.1) is 5.69 Å². The molecule has 5 nitrogen and oxygen atoms in total. The van der Waals surface area contributed by atoms with Crippen molar-refractivity contribution >= 4 is 27.5 Å². The average Bonchev–Trinajstić information content (AvgIpc) is 2.72. The van der Waals surface area contributed by atoms with Gasteiger partial charge >= 0.3 is 0 Å². The van der Waals surface area contributed by atoms with Crippen LogP contribution < -0.4 is 10.9 Å². The van der Waals surface area contributed by atoms with Gasteiger partial charge in [-0.25, -0.2) is 4.68 Å². The molecule has 0 radical (unpaired) electrons. The second-order valence-electron chi connectivity index (χ2n) is 6.90. The van der Waals surface area contributed by atoms with Crippen LogP contribution in [-0.4, -0.2) is 15.7 Å². The summed E-state index contributed by atoms with van der Waals surface area (Å²) in [7, 11) is 0. The standard InChI is InChI=1S/C22H20BrN3O2/c23-16-10-12-17(13-11-16)24-20(27)14-26-22(28)19-9-5-4-8-18(19)21(25-26)15-6-2-1-3-7-15/h1-3,6-7,10-13H,4-5,8-9,14H2,(H,24,27). The number of fused-ring (bicyclic) bond motifs is 1. The van der Waals surface area contributed by atoms with Gasteiger partial charge in [-0.15, -0.1) is 0 Å². The molecule has 1 aliphatic carbocycles. The zero-order chi connectivity index (χ0) is 19.5. The molecule has 3 aromatic rings. The fourth-order valence-corrected chi connectivity index (χ4v) is 3.85. The predicted molar refractivity (Wildman–Crippen MR) is 113 cm³/mol. The highest BCUT2D eigenvalue weighted by Gasteiger charge is 2.22. The van der Waals surface area contributed by atoms with Crippen molar-refractivity contribution in [2.24, 2.45) is 0 Å². The monoisotopic (exact) mass is 437 g/mol. The molecule has 0 aliphatic heterocycles. The molecule has 1 amide bonds. The summed E-state index contributed by atoms with van der Waals surface area (Å²) < 4.78 is 2.24. The molecule has 0 unspecified atom stereocenters. The highest BCUT2D eigenvalue weighted by Crippen LogP contribution is 2.27. The van der Waals surface area contributed by atoms with Gasteiger partial charge in [0.25, 0.3) is 5.56 Å². The van der Waals surface area contributed by atoms with E-state index in [0.717, 1.165) is 52.5 Å². The molecule has 0 fully saturated rings. The van der Waals surface area contributed by atoms with E-state index < -0.39 is 0 Å². The molecule has 1 aliphatic rings. The third-order valence-corrected chi connectivity index (χ3v) is 5.46. The Labute approximate surface area is 171 Å². The summed E-state index contributed by atoms with van der Waals surface area (Å²) in [6, 6.07) is 17.2. The van der Waals surface area contributed by atoms with Crippen LogP contribution in [0.25, 0.3) is 11.3 Å². The molecule has 0 spiro atoms. The highest BCUT2D eigenvalue weighted by molar-refractivity contribution is 9.10. The molecule has 28 heavy (non-hydrogen) atoms. The summed E-state index contributed by atoms with van der Waals surface area (Å²) in [4.78, 5) is 25.5. The number of halogens is 1. The van der Waals surface area contributed by atoms with Gasteiger partial charge in [0.15, 0.2) is 0 Å². The van der Waals surface area contributed by atoms with Crippen molar-refractivity contribution in [1.82, 2.24) is 9.78 Å². The maximum Gasteiger partial charge on any atom is 0.270 e. The van der Waals surface area contributed by atoms with Gasteiger partial charge in [-0.05, 0) is 55.5 Å². The molecule has 2 aromatic carbocycles. The molecular formula is C22H20BrN3O2. The van der Waals surface area contributed by atoms with Gasteiger partial charge in [0.2, 0.25) is 5.91 Å². The Hall–Kier alpha value is -2.73. The van der Waals surface area contributed by atoms with E-state index in [0.29, 0.717) is 5.69 Å². The van der Waals surface area contributed by atoms with Crippen LogP contribution in [-0.2, 0) is 24.2 Å². The molecule has 6 heteroatoms. The molecule has 0 atom stereocenters.